The molecule has 110 valence electrons. The number of carbonyl (C=O) groups excluding carboxylic acids is 2. The molecule has 7 heteroatoms. The fourth-order valence-corrected chi connectivity index (χ4v) is 1.47. The van der Waals surface area contributed by atoms with Crippen LogP contribution in [0.3, 0.4) is 0 Å². The van der Waals surface area contributed by atoms with Crippen molar-refractivity contribution in [3.63, 3.8) is 0 Å². The van der Waals surface area contributed by atoms with E-state index in [1.807, 2.05) is 13.8 Å². The zero-order valence-electron chi connectivity index (χ0n) is 12.0. The number of ketones is 2. The summed E-state index contributed by atoms with van der Waals surface area (Å²) in [7, 11) is 0. The number of Topliss-reactive ketones (excluding diaryl/α,β-unsaturated/α-hetero) is 2. The predicted molar refractivity (Wildman–Crippen MR) is 81.7 cm³/mol. The van der Waals surface area contributed by atoms with Crippen LogP contribution in [0.5, 0.6) is 0 Å². The molecule has 0 N–H and O–H groups in total. The second kappa shape index (κ2) is 8.31. The molecule has 0 aromatic carbocycles. The standard InChI is InChI=1S/C7H7BrN2O.C7H8N2O/c1-5-3-10-6(4-9-5)7(11)2-8;1-5-3-9-7(4-8-5)6(2)10/h3-4H,2H2,1H3;3-4H,1-2H3. The molecular formula is C14H15BrN4O2. The highest BCUT2D eigenvalue weighted by Crippen LogP contribution is 1.97. The zero-order valence-corrected chi connectivity index (χ0v) is 13.6. The lowest BCUT2D eigenvalue weighted by atomic mass is 10.3. The van der Waals surface area contributed by atoms with Crippen molar-refractivity contribution in [2.24, 2.45) is 0 Å². The highest BCUT2D eigenvalue weighted by atomic mass is 79.9. The van der Waals surface area contributed by atoms with E-state index < -0.39 is 0 Å². The fraction of sp³-hybridized carbons (Fsp3) is 0.286. The Bertz CT molecular complexity index is 612. The molecule has 0 bridgehead atoms. The van der Waals surface area contributed by atoms with Gasteiger partial charge in [0.2, 0.25) is 0 Å². The second-order valence-corrected chi connectivity index (χ2v) is 4.76. The van der Waals surface area contributed by atoms with Gasteiger partial charge in [-0.3, -0.25) is 19.6 Å². The van der Waals surface area contributed by atoms with Gasteiger partial charge in [0, 0.05) is 19.3 Å². The van der Waals surface area contributed by atoms with Crippen LogP contribution in [0.1, 0.15) is 39.3 Å². The summed E-state index contributed by atoms with van der Waals surface area (Å²) in [6, 6.07) is 0. The molecule has 0 atom stereocenters. The van der Waals surface area contributed by atoms with Crippen LogP contribution in [0.25, 0.3) is 0 Å². The predicted octanol–water partition coefficient (Wildman–Crippen LogP) is 2.35. The molecule has 0 saturated heterocycles. The smallest absolute Gasteiger partial charge is 0.193 e. The van der Waals surface area contributed by atoms with Gasteiger partial charge in [0.1, 0.15) is 11.4 Å². The first-order valence-corrected chi connectivity index (χ1v) is 7.23. The summed E-state index contributed by atoms with van der Waals surface area (Å²) in [6.45, 7) is 5.13. The molecule has 0 saturated carbocycles. The summed E-state index contributed by atoms with van der Waals surface area (Å²) >= 11 is 3.05. The first kappa shape index (κ1) is 17.0. The lowest BCUT2D eigenvalue weighted by Gasteiger charge is -1.94. The highest BCUT2D eigenvalue weighted by Gasteiger charge is 2.04. The minimum atomic E-state index is -0.0486. The number of halogens is 1. The maximum atomic E-state index is 11.0. The molecule has 0 aliphatic heterocycles. The lowest BCUT2D eigenvalue weighted by molar-refractivity contribution is 0.100. The number of alkyl halides is 1. The minimum absolute atomic E-state index is 0.0440. The van der Waals surface area contributed by atoms with Crippen LogP contribution in [-0.2, 0) is 0 Å². The van der Waals surface area contributed by atoms with Crippen molar-refractivity contribution in [2.75, 3.05) is 5.33 Å². The van der Waals surface area contributed by atoms with Crippen molar-refractivity contribution in [1.29, 1.82) is 0 Å². The number of aryl methyl sites for hydroxylation is 2. The Labute approximate surface area is 131 Å². The molecule has 6 nitrogen and oxygen atoms in total. The van der Waals surface area contributed by atoms with Gasteiger partial charge in [-0.25, -0.2) is 9.97 Å². The highest BCUT2D eigenvalue weighted by molar-refractivity contribution is 9.09. The molecule has 21 heavy (non-hydrogen) atoms. The first-order valence-electron chi connectivity index (χ1n) is 6.11. The molecule has 0 aliphatic rings. The summed E-state index contributed by atoms with van der Waals surface area (Å²) in [5.41, 5.74) is 2.47. The monoisotopic (exact) mass is 350 g/mol. The molecule has 2 rings (SSSR count). The topological polar surface area (TPSA) is 85.7 Å². The SMILES string of the molecule is CC(=O)c1cnc(C)cn1.Cc1cnc(C(=O)CBr)cn1. The Hall–Kier alpha value is -2.02. The first-order chi connectivity index (χ1) is 9.93. The number of hydrogen-bond acceptors (Lipinski definition) is 6. The van der Waals surface area contributed by atoms with Crippen molar-refractivity contribution < 1.29 is 9.59 Å². The van der Waals surface area contributed by atoms with Crippen LogP contribution < -0.4 is 0 Å². The van der Waals surface area contributed by atoms with Gasteiger partial charge in [0.25, 0.3) is 0 Å². The van der Waals surface area contributed by atoms with E-state index in [4.69, 9.17) is 0 Å². The maximum Gasteiger partial charge on any atom is 0.193 e. The Kier molecular flexibility index (Phi) is 6.74. The van der Waals surface area contributed by atoms with E-state index in [0.717, 1.165) is 11.4 Å². The van der Waals surface area contributed by atoms with E-state index in [1.54, 1.807) is 12.4 Å². The number of carbonyl (C=O) groups is 2. The lowest BCUT2D eigenvalue weighted by Crippen LogP contribution is -2.03. The van der Waals surface area contributed by atoms with Gasteiger partial charge in [-0.2, -0.15) is 0 Å². The van der Waals surface area contributed by atoms with Gasteiger partial charge in [-0.1, -0.05) is 15.9 Å². The molecule has 0 unspecified atom stereocenters. The van der Waals surface area contributed by atoms with Gasteiger partial charge in [0.15, 0.2) is 11.6 Å². The van der Waals surface area contributed by atoms with Crippen LogP contribution in [0.4, 0.5) is 0 Å². The van der Waals surface area contributed by atoms with Crippen molar-refractivity contribution in [3.05, 3.63) is 47.6 Å². The minimum Gasteiger partial charge on any atom is -0.293 e. The largest absolute Gasteiger partial charge is 0.293 e. The summed E-state index contributed by atoms with van der Waals surface area (Å²) in [6.07, 6.45) is 6.13. The third-order valence-electron chi connectivity index (χ3n) is 2.33. The summed E-state index contributed by atoms with van der Waals surface area (Å²) in [4.78, 5) is 37.3. The van der Waals surface area contributed by atoms with Crippen molar-refractivity contribution >= 4 is 27.5 Å². The fourth-order valence-electron chi connectivity index (χ4n) is 1.18. The maximum absolute atomic E-state index is 11.0. The van der Waals surface area contributed by atoms with Crippen LogP contribution in [0.2, 0.25) is 0 Å². The number of rotatable bonds is 3. The normalized spacial score (nSPS) is 9.52. The molecule has 2 aromatic rings. The van der Waals surface area contributed by atoms with Crippen LogP contribution in [0.15, 0.2) is 24.8 Å². The van der Waals surface area contributed by atoms with Crippen molar-refractivity contribution in [2.45, 2.75) is 20.8 Å². The molecule has 2 heterocycles. The summed E-state index contributed by atoms with van der Waals surface area (Å²) in [5.74, 6) is -0.0926. The van der Waals surface area contributed by atoms with Gasteiger partial charge in [-0.15, -0.1) is 0 Å². The average molecular weight is 351 g/mol. The van der Waals surface area contributed by atoms with E-state index in [1.165, 1.54) is 19.3 Å². The quantitative estimate of drug-likeness (QED) is 0.623. The van der Waals surface area contributed by atoms with Gasteiger partial charge >= 0.3 is 0 Å². The van der Waals surface area contributed by atoms with Gasteiger partial charge < -0.3 is 0 Å². The van der Waals surface area contributed by atoms with Gasteiger partial charge in [0.05, 0.1) is 29.1 Å². The third-order valence-corrected chi connectivity index (χ3v) is 2.84. The molecule has 0 aliphatic carbocycles. The Balaban J connectivity index is 0.000000211. The molecular weight excluding hydrogens is 336 g/mol. The van der Waals surface area contributed by atoms with E-state index in [2.05, 4.69) is 35.9 Å². The Morgan fingerprint density at radius 2 is 1.38 bits per heavy atom. The van der Waals surface area contributed by atoms with E-state index in [9.17, 15) is 9.59 Å². The van der Waals surface area contributed by atoms with Crippen LogP contribution in [0, 0.1) is 13.8 Å². The Morgan fingerprint density at radius 1 is 0.905 bits per heavy atom. The van der Waals surface area contributed by atoms with E-state index >= 15 is 0 Å². The zero-order chi connectivity index (χ0) is 15.8. The summed E-state index contributed by atoms with van der Waals surface area (Å²) in [5, 5.41) is 0.296. The molecule has 0 radical (unpaired) electrons. The van der Waals surface area contributed by atoms with Crippen molar-refractivity contribution in [3.8, 4) is 0 Å². The third kappa shape index (κ3) is 5.86. The van der Waals surface area contributed by atoms with Crippen molar-refractivity contribution in [1.82, 2.24) is 19.9 Å². The molecule has 0 amide bonds. The van der Waals surface area contributed by atoms with E-state index in [0.29, 0.717) is 16.7 Å². The number of aromatic nitrogens is 4. The second-order valence-electron chi connectivity index (χ2n) is 4.20. The molecule has 0 spiro atoms. The molecule has 0 fully saturated rings. The van der Waals surface area contributed by atoms with Crippen LogP contribution in [-0.4, -0.2) is 36.8 Å². The number of hydrogen-bond donors (Lipinski definition) is 0. The average Bonchev–Trinajstić information content (AvgIpc) is 2.48. The number of nitrogens with zero attached hydrogens (tertiary/aromatic N) is 4. The Morgan fingerprint density at radius 3 is 1.71 bits per heavy atom. The van der Waals surface area contributed by atoms with E-state index in [-0.39, 0.29) is 11.6 Å². The van der Waals surface area contributed by atoms with Crippen LogP contribution >= 0.6 is 15.9 Å². The van der Waals surface area contributed by atoms with Gasteiger partial charge in [-0.05, 0) is 13.8 Å². The molecule has 2 aromatic heterocycles. The summed E-state index contributed by atoms with van der Waals surface area (Å²) < 4.78 is 0.